The van der Waals surface area contributed by atoms with Crippen molar-refractivity contribution < 1.29 is 0 Å². The van der Waals surface area contributed by atoms with Gasteiger partial charge < -0.3 is 0 Å². The molecule has 3 atom stereocenters. The fourth-order valence-electron chi connectivity index (χ4n) is 1.20. The van der Waals surface area contributed by atoms with E-state index in [1.165, 1.54) is 6.42 Å². The Labute approximate surface area is 47.1 Å². The summed E-state index contributed by atoms with van der Waals surface area (Å²) >= 11 is 0. The van der Waals surface area contributed by atoms with Crippen LogP contribution in [0.25, 0.3) is 0 Å². The molecule has 2 unspecified atom stereocenters. The average Bonchev–Trinajstić information content (AvgIpc) is 2.17. The van der Waals surface area contributed by atoms with E-state index in [0.29, 0.717) is 7.92 Å². The third kappa shape index (κ3) is 0.817. The highest BCUT2D eigenvalue weighted by Gasteiger charge is 2.40. The second-order valence-corrected chi connectivity index (χ2v) is 5.19. The number of rotatable bonds is 1. The van der Waals surface area contributed by atoms with Gasteiger partial charge in [-0.15, -0.1) is 7.92 Å². The van der Waals surface area contributed by atoms with Gasteiger partial charge in [-0.05, 0) is 24.4 Å². The summed E-state index contributed by atoms with van der Waals surface area (Å²) < 4.78 is 0. The molecule has 0 aromatic rings. The Bertz CT molecular complexity index is 62.6. The molecule has 1 aliphatic heterocycles. The van der Waals surface area contributed by atoms with Crippen LogP contribution in [0.3, 0.4) is 0 Å². The highest BCUT2D eigenvalue weighted by Crippen LogP contribution is 2.64. The molecule has 1 fully saturated rings. The summed E-state index contributed by atoms with van der Waals surface area (Å²) in [4.78, 5) is 0. The zero-order chi connectivity index (χ0) is 5.44. The predicted octanol–water partition coefficient (Wildman–Crippen LogP) is 2.28. The van der Waals surface area contributed by atoms with E-state index in [0.717, 1.165) is 11.3 Å². The van der Waals surface area contributed by atoms with Gasteiger partial charge in [-0.25, -0.2) is 0 Å². The van der Waals surface area contributed by atoms with Crippen molar-refractivity contribution in [1.82, 2.24) is 0 Å². The first kappa shape index (κ1) is 5.56. The molecule has 0 saturated carbocycles. The van der Waals surface area contributed by atoms with Gasteiger partial charge >= 0.3 is 0 Å². The summed E-state index contributed by atoms with van der Waals surface area (Å²) in [5, 5.41) is 0. The second kappa shape index (κ2) is 1.74. The molecule has 0 spiro atoms. The van der Waals surface area contributed by atoms with E-state index in [4.69, 9.17) is 0 Å². The lowest BCUT2D eigenvalue weighted by atomic mass is 10.3. The van der Waals surface area contributed by atoms with Gasteiger partial charge in [0, 0.05) is 0 Å². The van der Waals surface area contributed by atoms with E-state index in [9.17, 15) is 0 Å². The fourth-order valence-corrected chi connectivity index (χ4v) is 3.54. The van der Waals surface area contributed by atoms with E-state index >= 15 is 0 Å². The Kier molecular flexibility index (Phi) is 1.39. The smallest absolute Gasteiger partial charge is 0.0147 e. The first-order chi connectivity index (χ1) is 3.27. The lowest BCUT2D eigenvalue weighted by Gasteiger charge is -1.80. The molecular weight excluding hydrogens is 103 g/mol. The van der Waals surface area contributed by atoms with Crippen LogP contribution in [0, 0.1) is 0 Å². The van der Waals surface area contributed by atoms with Crippen LogP contribution in [0.4, 0.5) is 0 Å². The Morgan fingerprint density at radius 3 is 2.00 bits per heavy atom. The van der Waals surface area contributed by atoms with Crippen LogP contribution in [-0.2, 0) is 0 Å². The van der Waals surface area contributed by atoms with Crippen LogP contribution in [-0.4, -0.2) is 18.0 Å². The van der Waals surface area contributed by atoms with E-state index in [1.807, 2.05) is 0 Å². The molecular formula is C6H13P. The topological polar surface area (TPSA) is 0 Å². The van der Waals surface area contributed by atoms with Crippen molar-refractivity contribution in [3.63, 3.8) is 0 Å². The molecule has 7 heavy (non-hydrogen) atoms. The van der Waals surface area contributed by atoms with Crippen molar-refractivity contribution >= 4 is 7.92 Å². The molecule has 0 nitrogen and oxygen atoms in total. The molecule has 1 rings (SSSR count). The standard InChI is InChI=1S/C6H13P/c1-4-6-5(2)7(6)3/h5-6H,4H2,1-3H3/t5?,6-,7?/m1/s1. The van der Waals surface area contributed by atoms with Crippen LogP contribution in [0.2, 0.25) is 0 Å². The minimum absolute atomic E-state index is 0.505. The Hall–Kier alpha value is 0.430. The zero-order valence-electron chi connectivity index (χ0n) is 5.31. The van der Waals surface area contributed by atoms with Crippen molar-refractivity contribution in [2.45, 2.75) is 31.6 Å². The molecule has 0 N–H and O–H groups in total. The normalized spacial score (nSPS) is 49.3. The zero-order valence-corrected chi connectivity index (χ0v) is 6.20. The van der Waals surface area contributed by atoms with Gasteiger partial charge in [0.05, 0.1) is 0 Å². The van der Waals surface area contributed by atoms with Gasteiger partial charge in [0.15, 0.2) is 0 Å². The van der Waals surface area contributed by atoms with Crippen LogP contribution in [0.1, 0.15) is 20.3 Å². The highest BCUT2D eigenvalue weighted by atomic mass is 31.1. The van der Waals surface area contributed by atoms with Crippen LogP contribution in [0.15, 0.2) is 0 Å². The predicted molar refractivity (Wildman–Crippen MR) is 36.4 cm³/mol. The maximum atomic E-state index is 2.41. The molecule has 0 aliphatic carbocycles. The second-order valence-electron chi connectivity index (χ2n) is 2.38. The molecule has 1 heteroatoms. The van der Waals surface area contributed by atoms with Gasteiger partial charge in [0.2, 0.25) is 0 Å². The van der Waals surface area contributed by atoms with Gasteiger partial charge in [0.25, 0.3) is 0 Å². The van der Waals surface area contributed by atoms with Crippen molar-refractivity contribution in [1.29, 1.82) is 0 Å². The third-order valence-electron chi connectivity index (χ3n) is 2.05. The van der Waals surface area contributed by atoms with Crippen LogP contribution in [0.5, 0.6) is 0 Å². The van der Waals surface area contributed by atoms with Crippen LogP contribution >= 0.6 is 7.92 Å². The molecule has 42 valence electrons. The lowest BCUT2D eigenvalue weighted by Crippen LogP contribution is -1.81. The molecule has 0 radical (unpaired) electrons. The molecule has 0 bridgehead atoms. The van der Waals surface area contributed by atoms with E-state index < -0.39 is 0 Å². The summed E-state index contributed by atoms with van der Waals surface area (Å²) in [6.07, 6.45) is 1.42. The Morgan fingerprint density at radius 2 is 2.00 bits per heavy atom. The average molecular weight is 116 g/mol. The van der Waals surface area contributed by atoms with Crippen LogP contribution < -0.4 is 0 Å². The molecule has 1 aliphatic rings. The van der Waals surface area contributed by atoms with E-state index in [1.54, 1.807) is 0 Å². The molecule has 0 aromatic heterocycles. The number of hydrogen-bond acceptors (Lipinski definition) is 0. The van der Waals surface area contributed by atoms with Gasteiger partial charge in [-0.1, -0.05) is 13.8 Å². The van der Waals surface area contributed by atoms with Crippen molar-refractivity contribution in [2.24, 2.45) is 0 Å². The first-order valence-corrected chi connectivity index (χ1v) is 4.92. The largest absolute Gasteiger partial charge is 0.103 e. The van der Waals surface area contributed by atoms with Crippen molar-refractivity contribution in [2.75, 3.05) is 6.66 Å². The fraction of sp³-hybridized carbons (Fsp3) is 1.00. The quantitative estimate of drug-likeness (QED) is 0.461. The summed E-state index contributed by atoms with van der Waals surface area (Å²) in [6.45, 7) is 7.08. The SMILES string of the molecule is CC[C@@H]1C(C)P1C. The highest BCUT2D eigenvalue weighted by molar-refractivity contribution is 7.66. The lowest BCUT2D eigenvalue weighted by molar-refractivity contribution is 0.893. The molecule has 0 amide bonds. The van der Waals surface area contributed by atoms with Gasteiger partial charge in [0.1, 0.15) is 0 Å². The minimum Gasteiger partial charge on any atom is -0.103 e. The van der Waals surface area contributed by atoms with Crippen molar-refractivity contribution in [3.8, 4) is 0 Å². The molecule has 1 saturated heterocycles. The Balaban J connectivity index is 2.24. The summed E-state index contributed by atoms with van der Waals surface area (Å²) in [6, 6.07) is 0. The van der Waals surface area contributed by atoms with Gasteiger partial charge in [-0.2, -0.15) is 0 Å². The number of hydrogen-bond donors (Lipinski definition) is 0. The van der Waals surface area contributed by atoms with Crippen molar-refractivity contribution in [3.05, 3.63) is 0 Å². The molecule has 1 heterocycles. The maximum Gasteiger partial charge on any atom is -0.0147 e. The van der Waals surface area contributed by atoms with E-state index in [-0.39, 0.29) is 0 Å². The first-order valence-electron chi connectivity index (χ1n) is 2.99. The molecule has 0 aromatic carbocycles. The summed E-state index contributed by atoms with van der Waals surface area (Å²) in [5.41, 5.74) is 2.23. The Morgan fingerprint density at radius 1 is 1.57 bits per heavy atom. The van der Waals surface area contributed by atoms with Gasteiger partial charge in [-0.3, -0.25) is 0 Å². The summed E-state index contributed by atoms with van der Waals surface area (Å²) in [5.74, 6) is 0. The summed E-state index contributed by atoms with van der Waals surface area (Å²) in [7, 11) is 0.505. The maximum absolute atomic E-state index is 2.41. The monoisotopic (exact) mass is 116 g/mol. The minimum atomic E-state index is 0.505. The third-order valence-corrected chi connectivity index (χ3v) is 5.21. The van der Waals surface area contributed by atoms with E-state index in [2.05, 4.69) is 20.5 Å².